The monoisotopic (exact) mass is 431 g/mol. The lowest BCUT2D eigenvalue weighted by molar-refractivity contribution is -0.385. The van der Waals surface area contributed by atoms with Crippen LogP contribution < -0.4 is 4.74 Å². The van der Waals surface area contributed by atoms with Crippen LogP contribution in [-0.4, -0.2) is 27.8 Å². The van der Waals surface area contributed by atoms with Crippen molar-refractivity contribution in [2.75, 3.05) is 6.61 Å². The van der Waals surface area contributed by atoms with Gasteiger partial charge in [-0.15, -0.1) is 0 Å². The fourth-order valence-corrected chi connectivity index (χ4v) is 3.27. The average Bonchev–Trinajstić information content (AvgIpc) is 3.18. The molecule has 8 nitrogen and oxygen atoms in total. The Kier molecular flexibility index (Phi) is 5.59. The van der Waals surface area contributed by atoms with Crippen LogP contribution in [0.25, 0.3) is 22.6 Å². The minimum Gasteiger partial charge on any atom is -0.504 e. The number of ether oxygens (including phenoxy) is 1. The Balaban J connectivity index is 1.72. The highest BCUT2D eigenvalue weighted by atomic mass is 16.6. The number of aromatic nitrogens is 1. The summed E-state index contributed by atoms with van der Waals surface area (Å²) in [5.41, 5.74) is 4.79. The normalized spacial score (nSPS) is 11.3. The van der Waals surface area contributed by atoms with Gasteiger partial charge in [0, 0.05) is 23.4 Å². The zero-order valence-corrected chi connectivity index (χ0v) is 17.8. The second-order valence-electron chi connectivity index (χ2n) is 7.32. The smallest absolute Gasteiger partial charge is 0.274 e. The van der Waals surface area contributed by atoms with Crippen molar-refractivity contribution in [2.24, 2.45) is 4.99 Å². The minimum atomic E-state index is -0.542. The molecule has 162 valence electrons. The first-order valence-electron chi connectivity index (χ1n) is 10.0. The molecule has 0 radical (unpaired) electrons. The van der Waals surface area contributed by atoms with Crippen LogP contribution in [0.15, 0.2) is 57.9 Å². The van der Waals surface area contributed by atoms with Crippen molar-refractivity contribution >= 4 is 28.7 Å². The molecule has 4 rings (SSSR count). The Morgan fingerprint density at radius 3 is 2.75 bits per heavy atom. The van der Waals surface area contributed by atoms with Gasteiger partial charge in [-0.2, -0.15) is 0 Å². The molecule has 0 aliphatic heterocycles. The van der Waals surface area contributed by atoms with Crippen LogP contribution in [-0.2, 0) is 0 Å². The number of phenolic OH excluding ortho intramolecular Hbond substituents is 1. The number of aryl methyl sites for hydroxylation is 2. The lowest BCUT2D eigenvalue weighted by atomic mass is 10.1. The number of nitro groups is 1. The zero-order valence-electron chi connectivity index (χ0n) is 17.8. The average molecular weight is 431 g/mol. The summed E-state index contributed by atoms with van der Waals surface area (Å²) >= 11 is 0. The topological polar surface area (TPSA) is 111 Å². The number of nitro benzene ring substituents is 1. The SMILES string of the molecule is CCOc1cc([N+](=O)[O-])cc(C=Nc2cc(-c3nc4cc(C)ccc4o3)ccc2C)c1O. The highest BCUT2D eigenvalue weighted by Gasteiger charge is 2.16. The summed E-state index contributed by atoms with van der Waals surface area (Å²) in [7, 11) is 0. The Labute approximate surface area is 184 Å². The molecule has 0 saturated carbocycles. The Morgan fingerprint density at radius 2 is 2.00 bits per heavy atom. The van der Waals surface area contributed by atoms with E-state index < -0.39 is 4.92 Å². The number of aromatic hydroxyl groups is 1. The van der Waals surface area contributed by atoms with Crippen molar-refractivity contribution in [3.63, 3.8) is 0 Å². The lowest BCUT2D eigenvalue weighted by Gasteiger charge is -2.08. The van der Waals surface area contributed by atoms with Crippen molar-refractivity contribution in [1.82, 2.24) is 4.98 Å². The van der Waals surface area contributed by atoms with E-state index in [2.05, 4.69) is 9.98 Å². The van der Waals surface area contributed by atoms with Gasteiger partial charge in [0.05, 0.1) is 23.3 Å². The van der Waals surface area contributed by atoms with Gasteiger partial charge >= 0.3 is 0 Å². The van der Waals surface area contributed by atoms with E-state index in [9.17, 15) is 15.2 Å². The molecule has 1 aromatic heterocycles. The summed E-state index contributed by atoms with van der Waals surface area (Å²) in [6.45, 7) is 5.88. The van der Waals surface area contributed by atoms with E-state index in [4.69, 9.17) is 9.15 Å². The lowest BCUT2D eigenvalue weighted by Crippen LogP contribution is -1.97. The summed E-state index contributed by atoms with van der Waals surface area (Å²) in [5.74, 6) is 0.304. The number of hydrogen-bond donors (Lipinski definition) is 1. The van der Waals surface area contributed by atoms with Gasteiger partial charge in [-0.05, 0) is 56.2 Å². The molecule has 8 heteroatoms. The fourth-order valence-electron chi connectivity index (χ4n) is 3.27. The Bertz CT molecular complexity index is 1360. The van der Waals surface area contributed by atoms with Gasteiger partial charge in [0.25, 0.3) is 5.69 Å². The molecule has 4 aromatic rings. The highest BCUT2D eigenvalue weighted by molar-refractivity contribution is 5.88. The highest BCUT2D eigenvalue weighted by Crippen LogP contribution is 2.35. The maximum atomic E-state index is 11.3. The van der Waals surface area contributed by atoms with E-state index in [0.29, 0.717) is 17.2 Å². The van der Waals surface area contributed by atoms with Crippen molar-refractivity contribution in [3.8, 4) is 23.0 Å². The van der Waals surface area contributed by atoms with E-state index in [1.54, 1.807) is 6.92 Å². The van der Waals surface area contributed by atoms with Crippen molar-refractivity contribution in [2.45, 2.75) is 20.8 Å². The molecule has 0 fully saturated rings. The van der Waals surface area contributed by atoms with Gasteiger partial charge in [0.2, 0.25) is 5.89 Å². The summed E-state index contributed by atoms with van der Waals surface area (Å²) in [6, 6.07) is 13.9. The van der Waals surface area contributed by atoms with Crippen molar-refractivity contribution < 1.29 is 19.2 Å². The van der Waals surface area contributed by atoms with Crippen molar-refractivity contribution in [3.05, 3.63) is 75.3 Å². The van der Waals surface area contributed by atoms with Gasteiger partial charge in [0.15, 0.2) is 17.1 Å². The van der Waals surface area contributed by atoms with Crippen LogP contribution in [0.3, 0.4) is 0 Å². The van der Waals surface area contributed by atoms with Crippen LogP contribution >= 0.6 is 0 Å². The molecule has 0 bridgehead atoms. The molecule has 0 atom stereocenters. The van der Waals surface area contributed by atoms with Crippen LogP contribution in [0.2, 0.25) is 0 Å². The maximum absolute atomic E-state index is 11.3. The molecule has 0 saturated heterocycles. The second kappa shape index (κ2) is 8.50. The van der Waals surface area contributed by atoms with Gasteiger partial charge in [0.1, 0.15) is 5.52 Å². The van der Waals surface area contributed by atoms with E-state index in [1.165, 1.54) is 18.3 Å². The third kappa shape index (κ3) is 4.15. The van der Waals surface area contributed by atoms with E-state index in [0.717, 1.165) is 22.2 Å². The van der Waals surface area contributed by atoms with Crippen LogP contribution in [0, 0.1) is 24.0 Å². The molecule has 1 heterocycles. The zero-order chi connectivity index (χ0) is 22.8. The Morgan fingerprint density at radius 1 is 1.19 bits per heavy atom. The van der Waals surface area contributed by atoms with Gasteiger partial charge in [-0.25, -0.2) is 4.98 Å². The predicted octanol–water partition coefficient (Wildman–Crippen LogP) is 5.87. The largest absolute Gasteiger partial charge is 0.504 e. The molecule has 32 heavy (non-hydrogen) atoms. The molecular formula is C24H21N3O5. The first-order valence-corrected chi connectivity index (χ1v) is 10.0. The summed E-state index contributed by atoms with van der Waals surface area (Å²) in [4.78, 5) is 19.7. The molecule has 1 N–H and O–H groups in total. The number of non-ortho nitro benzene ring substituents is 1. The third-order valence-corrected chi connectivity index (χ3v) is 4.94. The summed E-state index contributed by atoms with van der Waals surface area (Å²) in [6.07, 6.45) is 1.38. The molecule has 0 aliphatic carbocycles. The first kappa shape index (κ1) is 21.0. The van der Waals surface area contributed by atoms with Crippen LogP contribution in [0.4, 0.5) is 11.4 Å². The van der Waals surface area contributed by atoms with E-state index >= 15 is 0 Å². The van der Waals surface area contributed by atoms with Crippen LogP contribution in [0.5, 0.6) is 11.5 Å². The van der Waals surface area contributed by atoms with Crippen LogP contribution in [0.1, 0.15) is 23.6 Å². The second-order valence-corrected chi connectivity index (χ2v) is 7.32. The molecule has 0 amide bonds. The summed E-state index contributed by atoms with van der Waals surface area (Å²) < 4.78 is 11.2. The van der Waals surface area contributed by atoms with E-state index in [-0.39, 0.29) is 29.4 Å². The predicted molar refractivity (Wildman–Crippen MR) is 122 cm³/mol. The number of nitrogens with zero attached hydrogens (tertiary/aromatic N) is 3. The molecule has 0 unspecified atom stereocenters. The molecule has 0 spiro atoms. The number of benzene rings is 3. The quantitative estimate of drug-likeness (QED) is 0.232. The molecule has 0 aliphatic rings. The number of hydrogen-bond acceptors (Lipinski definition) is 7. The fraction of sp³-hybridized carbons (Fsp3) is 0.167. The molecule has 3 aromatic carbocycles. The maximum Gasteiger partial charge on any atom is 0.274 e. The third-order valence-electron chi connectivity index (χ3n) is 4.94. The van der Waals surface area contributed by atoms with Gasteiger partial charge in [-0.3, -0.25) is 15.1 Å². The Hall–Kier alpha value is -4.20. The first-order chi connectivity index (χ1) is 15.4. The number of fused-ring (bicyclic) bond motifs is 1. The van der Waals surface area contributed by atoms with Gasteiger partial charge < -0.3 is 14.3 Å². The number of phenols is 1. The number of oxazole rings is 1. The number of rotatable bonds is 6. The summed E-state index contributed by atoms with van der Waals surface area (Å²) in [5, 5.41) is 21.7. The molecular weight excluding hydrogens is 410 g/mol. The minimum absolute atomic E-state index is 0.0374. The number of aliphatic imine (C=N–C) groups is 1. The van der Waals surface area contributed by atoms with Crippen molar-refractivity contribution in [1.29, 1.82) is 0 Å². The van der Waals surface area contributed by atoms with Gasteiger partial charge in [-0.1, -0.05) is 12.1 Å². The standard InChI is InChI=1S/C24H21N3O5/c1-4-31-22-12-18(27(29)30)10-17(23(22)28)13-25-19-11-16(7-6-15(19)3)24-26-20-9-14(2)5-8-21(20)32-24/h5-13,28H,4H2,1-3H3. The van der Waals surface area contributed by atoms with E-state index in [1.807, 2.05) is 50.2 Å².